The van der Waals surface area contributed by atoms with Crippen LogP contribution in [0.3, 0.4) is 0 Å². The molecule has 31 heavy (non-hydrogen) atoms. The third kappa shape index (κ3) is 4.93. The van der Waals surface area contributed by atoms with Crippen molar-refractivity contribution in [3.8, 4) is 0 Å². The first-order valence-electron chi connectivity index (χ1n) is 11.1. The van der Waals surface area contributed by atoms with Crippen LogP contribution in [-0.4, -0.2) is 34.0 Å². The Hall–Kier alpha value is -2.38. The zero-order valence-corrected chi connectivity index (χ0v) is 19.1. The third-order valence-electron chi connectivity index (χ3n) is 6.28. The molecule has 2 aromatic rings. The van der Waals surface area contributed by atoms with Gasteiger partial charge in [-0.1, -0.05) is 19.1 Å². The molecule has 2 fully saturated rings. The Morgan fingerprint density at radius 2 is 1.65 bits per heavy atom. The Bertz CT molecular complexity index is 1020. The summed E-state index contributed by atoms with van der Waals surface area (Å²) in [6.07, 6.45) is 3.88. The lowest BCUT2D eigenvalue weighted by Crippen LogP contribution is -2.34. The van der Waals surface area contributed by atoms with Gasteiger partial charge in [-0.3, -0.25) is 4.79 Å². The molecule has 2 atom stereocenters. The lowest BCUT2D eigenvalue weighted by molar-refractivity contribution is -0.117. The molecule has 1 N–H and O–H groups in total. The lowest BCUT2D eigenvalue weighted by Gasteiger charge is -2.33. The number of hydrogen-bond donors (Lipinski definition) is 1. The first-order chi connectivity index (χ1) is 14.8. The van der Waals surface area contributed by atoms with Crippen molar-refractivity contribution >= 4 is 27.3 Å². The van der Waals surface area contributed by atoms with Crippen LogP contribution in [0.5, 0.6) is 0 Å². The molecule has 0 aromatic heterocycles. The molecule has 0 saturated carbocycles. The first kappa shape index (κ1) is 21.8. The maximum Gasteiger partial charge on any atom is 0.241 e. The third-order valence-corrected chi connectivity index (χ3v) is 7.84. The van der Waals surface area contributed by atoms with Crippen LogP contribution < -0.4 is 14.5 Å². The molecule has 2 aromatic carbocycles. The van der Waals surface area contributed by atoms with Crippen LogP contribution in [0.2, 0.25) is 0 Å². The van der Waals surface area contributed by atoms with Gasteiger partial charge in [0.1, 0.15) is 0 Å². The number of sulfonamides is 1. The quantitative estimate of drug-likeness (QED) is 0.733. The van der Waals surface area contributed by atoms with Crippen molar-refractivity contribution in [3.63, 3.8) is 0 Å². The van der Waals surface area contributed by atoms with E-state index < -0.39 is 10.0 Å². The molecule has 166 valence electrons. The molecular formula is C24H31N3O3S. The van der Waals surface area contributed by atoms with E-state index in [0.717, 1.165) is 30.8 Å². The molecule has 0 unspecified atom stereocenters. The minimum Gasteiger partial charge on any atom is -0.371 e. The second-order valence-electron chi connectivity index (χ2n) is 8.77. The number of rotatable bonds is 6. The Kier molecular flexibility index (Phi) is 6.34. The Morgan fingerprint density at radius 3 is 2.26 bits per heavy atom. The van der Waals surface area contributed by atoms with Gasteiger partial charge in [-0.2, -0.15) is 0 Å². The molecule has 2 aliphatic rings. The number of anilines is 2. The second-order valence-corrected chi connectivity index (χ2v) is 10.5. The van der Waals surface area contributed by atoms with E-state index in [9.17, 15) is 13.2 Å². The maximum absolute atomic E-state index is 12.9. The summed E-state index contributed by atoms with van der Waals surface area (Å²) in [5.74, 6) is 0.791. The summed E-state index contributed by atoms with van der Waals surface area (Å²) in [6, 6.07) is 14.4. The molecule has 6 nitrogen and oxygen atoms in total. The number of benzene rings is 2. The van der Waals surface area contributed by atoms with Crippen LogP contribution in [0, 0.1) is 5.92 Å². The van der Waals surface area contributed by atoms with Crippen LogP contribution in [0.15, 0.2) is 53.4 Å². The zero-order valence-electron chi connectivity index (χ0n) is 18.3. The largest absolute Gasteiger partial charge is 0.371 e. The molecule has 2 aliphatic heterocycles. The molecular weight excluding hydrogens is 410 g/mol. The molecule has 0 bridgehead atoms. The van der Waals surface area contributed by atoms with Crippen molar-refractivity contribution in [3.05, 3.63) is 54.1 Å². The van der Waals surface area contributed by atoms with E-state index in [-0.39, 0.29) is 16.8 Å². The van der Waals surface area contributed by atoms with Crippen molar-refractivity contribution in [1.82, 2.24) is 4.72 Å². The number of nitrogens with zero attached hydrogens (tertiary/aromatic N) is 2. The number of piperidine rings is 1. The monoisotopic (exact) mass is 441 g/mol. The Labute approximate surface area is 185 Å². The SMILES string of the molecule is C[C@H]1CCCN(c2ccc([C@@H](C)NS(=O)(=O)c3ccc(N4CCCC4=O)cc3)cc2)C1. The van der Waals surface area contributed by atoms with Crippen LogP contribution in [0.1, 0.15) is 51.1 Å². The standard InChI is InChI=1S/C24H31N3O3S/c1-18-5-3-15-26(17-18)21-9-7-20(8-10-21)19(2)25-31(29,30)23-13-11-22(12-14-23)27-16-4-6-24(27)28/h7-14,18-19,25H,3-6,15-17H2,1-2H3/t18-,19+/m0/s1. The summed E-state index contributed by atoms with van der Waals surface area (Å²) >= 11 is 0. The van der Waals surface area contributed by atoms with Crippen LogP contribution >= 0.6 is 0 Å². The van der Waals surface area contributed by atoms with Gasteiger partial charge >= 0.3 is 0 Å². The molecule has 1 amide bonds. The van der Waals surface area contributed by atoms with E-state index in [2.05, 4.69) is 28.7 Å². The average molecular weight is 442 g/mol. The highest BCUT2D eigenvalue weighted by molar-refractivity contribution is 7.89. The van der Waals surface area contributed by atoms with E-state index >= 15 is 0 Å². The highest BCUT2D eigenvalue weighted by Gasteiger charge is 2.23. The minimum atomic E-state index is -3.66. The summed E-state index contributed by atoms with van der Waals surface area (Å²) in [7, 11) is -3.66. The number of carbonyl (C=O) groups excluding carboxylic acids is 1. The average Bonchev–Trinajstić information content (AvgIpc) is 3.19. The normalized spacial score (nSPS) is 20.8. The fourth-order valence-corrected chi connectivity index (χ4v) is 5.72. The van der Waals surface area contributed by atoms with Gasteiger partial charge in [0.15, 0.2) is 0 Å². The lowest BCUT2D eigenvalue weighted by atomic mass is 9.99. The molecule has 0 radical (unpaired) electrons. The van der Waals surface area contributed by atoms with E-state index in [1.807, 2.05) is 19.1 Å². The molecule has 0 aliphatic carbocycles. The van der Waals surface area contributed by atoms with Crippen LogP contribution in [0.25, 0.3) is 0 Å². The number of hydrogen-bond acceptors (Lipinski definition) is 4. The van der Waals surface area contributed by atoms with Gasteiger partial charge in [-0.15, -0.1) is 0 Å². The van der Waals surface area contributed by atoms with Crippen molar-refractivity contribution in [1.29, 1.82) is 0 Å². The van der Waals surface area contributed by atoms with E-state index in [1.165, 1.54) is 18.5 Å². The van der Waals surface area contributed by atoms with Crippen molar-refractivity contribution in [2.24, 2.45) is 5.92 Å². The maximum atomic E-state index is 12.9. The molecule has 7 heteroatoms. The van der Waals surface area contributed by atoms with Gasteiger partial charge in [0, 0.05) is 43.5 Å². The highest BCUT2D eigenvalue weighted by atomic mass is 32.2. The van der Waals surface area contributed by atoms with Gasteiger partial charge in [0.05, 0.1) is 4.90 Å². The highest BCUT2D eigenvalue weighted by Crippen LogP contribution is 2.26. The second kappa shape index (κ2) is 9.01. The fourth-order valence-electron chi connectivity index (χ4n) is 4.49. The predicted octanol–water partition coefficient (Wildman–Crippen LogP) is 4.09. The van der Waals surface area contributed by atoms with Gasteiger partial charge < -0.3 is 9.80 Å². The first-order valence-corrected chi connectivity index (χ1v) is 12.6. The van der Waals surface area contributed by atoms with Gasteiger partial charge in [-0.25, -0.2) is 13.1 Å². The van der Waals surface area contributed by atoms with E-state index in [0.29, 0.717) is 18.9 Å². The number of nitrogens with one attached hydrogen (secondary N) is 1. The number of carbonyl (C=O) groups is 1. The summed E-state index contributed by atoms with van der Waals surface area (Å²) in [6.45, 7) is 6.97. The molecule has 2 heterocycles. The molecule has 4 rings (SSSR count). The zero-order chi connectivity index (χ0) is 22.0. The summed E-state index contributed by atoms with van der Waals surface area (Å²) in [4.78, 5) is 16.2. The molecule has 0 spiro atoms. The Balaban J connectivity index is 1.42. The van der Waals surface area contributed by atoms with Crippen molar-refractivity contribution in [2.45, 2.75) is 50.5 Å². The van der Waals surface area contributed by atoms with Gasteiger partial charge in [0.25, 0.3) is 0 Å². The topological polar surface area (TPSA) is 69.7 Å². The van der Waals surface area contributed by atoms with Crippen molar-refractivity contribution in [2.75, 3.05) is 29.4 Å². The Morgan fingerprint density at radius 1 is 0.968 bits per heavy atom. The van der Waals surface area contributed by atoms with E-state index in [4.69, 9.17) is 0 Å². The predicted molar refractivity (Wildman–Crippen MR) is 124 cm³/mol. The molecule has 2 saturated heterocycles. The smallest absolute Gasteiger partial charge is 0.241 e. The summed E-state index contributed by atoms with van der Waals surface area (Å²) in [5, 5.41) is 0. The summed E-state index contributed by atoms with van der Waals surface area (Å²) < 4.78 is 28.5. The van der Waals surface area contributed by atoms with Gasteiger partial charge in [0.2, 0.25) is 15.9 Å². The summed E-state index contributed by atoms with van der Waals surface area (Å²) in [5.41, 5.74) is 2.87. The van der Waals surface area contributed by atoms with Gasteiger partial charge in [-0.05, 0) is 74.1 Å². The van der Waals surface area contributed by atoms with Crippen LogP contribution in [0.4, 0.5) is 11.4 Å². The van der Waals surface area contributed by atoms with Crippen LogP contribution in [-0.2, 0) is 14.8 Å². The van der Waals surface area contributed by atoms with Crippen molar-refractivity contribution < 1.29 is 13.2 Å². The van der Waals surface area contributed by atoms with E-state index in [1.54, 1.807) is 29.2 Å². The minimum absolute atomic E-state index is 0.0878. The fraction of sp³-hybridized carbons (Fsp3) is 0.458. The number of amides is 1.